The van der Waals surface area contributed by atoms with Crippen molar-refractivity contribution in [1.82, 2.24) is 15.4 Å². The van der Waals surface area contributed by atoms with Gasteiger partial charge in [0.25, 0.3) is 0 Å². The minimum atomic E-state index is -0.996. The number of nitrogens with zero attached hydrogens (tertiary/aromatic N) is 2. The smallest absolute Gasteiger partial charge is 0.303 e. The molecule has 1 amide bonds. The molecule has 0 aromatic carbocycles. The first-order valence-electron chi connectivity index (χ1n) is 3.43. The van der Waals surface area contributed by atoms with Crippen molar-refractivity contribution in [3.63, 3.8) is 0 Å². The summed E-state index contributed by atoms with van der Waals surface area (Å²) >= 11 is 0. The molecule has 0 unspecified atom stereocenters. The van der Waals surface area contributed by atoms with Crippen LogP contribution in [0.4, 0.5) is 0 Å². The van der Waals surface area contributed by atoms with Crippen LogP contribution < -0.4 is 5.73 Å². The second-order valence-electron chi connectivity index (χ2n) is 2.02. The lowest BCUT2D eigenvalue weighted by Gasteiger charge is -1.86. The normalized spacial score (nSPS) is 8.31. The SMILES string of the molecule is NC(=O)CCC(=O)O.c1c[nH]nn1. The van der Waals surface area contributed by atoms with Gasteiger partial charge in [-0.2, -0.15) is 0 Å². The van der Waals surface area contributed by atoms with Gasteiger partial charge in [-0.3, -0.25) is 14.7 Å². The van der Waals surface area contributed by atoms with Crippen LogP contribution in [0.3, 0.4) is 0 Å². The molecule has 0 radical (unpaired) electrons. The maximum Gasteiger partial charge on any atom is 0.303 e. The molecule has 0 aliphatic rings. The molecule has 72 valence electrons. The van der Waals surface area contributed by atoms with Gasteiger partial charge in [0.05, 0.1) is 12.6 Å². The summed E-state index contributed by atoms with van der Waals surface area (Å²) in [5.41, 5.74) is 4.64. The van der Waals surface area contributed by atoms with Crippen LogP contribution in [0, 0.1) is 0 Å². The van der Waals surface area contributed by atoms with Crippen LogP contribution in [0.2, 0.25) is 0 Å². The Hall–Kier alpha value is -1.92. The van der Waals surface area contributed by atoms with Gasteiger partial charge in [0, 0.05) is 12.6 Å². The number of rotatable bonds is 3. The van der Waals surface area contributed by atoms with E-state index < -0.39 is 11.9 Å². The number of hydrogen-bond donors (Lipinski definition) is 3. The van der Waals surface area contributed by atoms with Crippen LogP contribution in [0.1, 0.15) is 12.8 Å². The highest BCUT2D eigenvalue weighted by Crippen LogP contribution is 1.84. The van der Waals surface area contributed by atoms with E-state index in [0.29, 0.717) is 0 Å². The molecule has 1 aromatic rings. The van der Waals surface area contributed by atoms with Crippen molar-refractivity contribution in [3.8, 4) is 0 Å². The Balaban J connectivity index is 0.000000243. The Kier molecular flexibility index (Phi) is 5.77. The van der Waals surface area contributed by atoms with Gasteiger partial charge in [0.2, 0.25) is 5.91 Å². The summed E-state index contributed by atoms with van der Waals surface area (Å²) in [5.74, 6) is -1.57. The molecule has 7 nitrogen and oxygen atoms in total. The van der Waals surface area contributed by atoms with E-state index in [1.807, 2.05) is 0 Å². The zero-order valence-electron chi connectivity index (χ0n) is 6.80. The average Bonchev–Trinajstić information content (AvgIpc) is 2.57. The van der Waals surface area contributed by atoms with E-state index in [2.05, 4.69) is 21.1 Å². The standard InChI is InChI=1S/C4H7NO3.C2H3N3/c5-3(6)1-2-4(7)8;1-2-4-5-3-1/h1-2H2,(H2,5,6)(H,7,8);1-2H,(H,3,4,5). The minimum absolute atomic E-state index is 0.0741. The van der Waals surface area contributed by atoms with E-state index in [4.69, 9.17) is 5.11 Å². The summed E-state index contributed by atoms with van der Waals surface area (Å²) < 4.78 is 0. The Morgan fingerprint density at radius 2 is 2.15 bits per heavy atom. The summed E-state index contributed by atoms with van der Waals surface area (Å²) in [4.78, 5) is 19.6. The quantitative estimate of drug-likeness (QED) is 0.567. The summed E-state index contributed by atoms with van der Waals surface area (Å²) in [7, 11) is 0. The number of primary amides is 1. The van der Waals surface area contributed by atoms with Gasteiger partial charge in [-0.15, -0.1) is 5.10 Å². The van der Waals surface area contributed by atoms with Crippen molar-refractivity contribution in [2.45, 2.75) is 12.8 Å². The first kappa shape index (κ1) is 11.1. The number of carbonyl (C=O) groups excluding carboxylic acids is 1. The van der Waals surface area contributed by atoms with Crippen LogP contribution >= 0.6 is 0 Å². The number of nitrogens with two attached hydrogens (primary N) is 1. The van der Waals surface area contributed by atoms with E-state index in [-0.39, 0.29) is 12.8 Å². The van der Waals surface area contributed by atoms with Gasteiger partial charge in [-0.1, -0.05) is 5.21 Å². The average molecular weight is 186 g/mol. The zero-order chi connectivity index (χ0) is 10.1. The Bertz CT molecular complexity index is 215. The number of aromatic amines is 1. The number of nitrogens with one attached hydrogen (secondary N) is 1. The molecule has 0 atom stereocenters. The number of hydrogen-bond acceptors (Lipinski definition) is 4. The van der Waals surface area contributed by atoms with Crippen LogP contribution in [0.25, 0.3) is 0 Å². The van der Waals surface area contributed by atoms with Gasteiger partial charge >= 0.3 is 5.97 Å². The molecule has 0 aliphatic carbocycles. The van der Waals surface area contributed by atoms with E-state index in [1.165, 1.54) is 0 Å². The molecule has 13 heavy (non-hydrogen) atoms. The maximum atomic E-state index is 9.86. The molecular formula is C6H10N4O3. The second-order valence-corrected chi connectivity index (χ2v) is 2.02. The number of amides is 1. The topological polar surface area (TPSA) is 122 Å². The zero-order valence-corrected chi connectivity index (χ0v) is 6.80. The number of aromatic nitrogens is 3. The Morgan fingerprint density at radius 1 is 1.46 bits per heavy atom. The molecule has 0 saturated carbocycles. The summed E-state index contributed by atoms with van der Waals surface area (Å²) in [6, 6.07) is 0. The van der Waals surface area contributed by atoms with Crippen LogP contribution in [-0.4, -0.2) is 32.4 Å². The summed E-state index contributed by atoms with van der Waals surface area (Å²) in [6.45, 7) is 0. The van der Waals surface area contributed by atoms with Gasteiger partial charge in [0.15, 0.2) is 0 Å². The van der Waals surface area contributed by atoms with Crippen molar-refractivity contribution < 1.29 is 14.7 Å². The van der Waals surface area contributed by atoms with E-state index >= 15 is 0 Å². The largest absolute Gasteiger partial charge is 0.481 e. The van der Waals surface area contributed by atoms with Gasteiger partial charge < -0.3 is 10.8 Å². The molecule has 1 heterocycles. The Labute approximate surface area is 73.9 Å². The number of carboxylic acids is 1. The fraction of sp³-hybridized carbons (Fsp3) is 0.333. The number of H-pyrrole nitrogens is 1. The second kappa shape index (κ2) is 6.77. The highest BCUT2D eigenvalue weighted by molar-refractivity contribution is 5.79. The number of aliphatic carboxylic acids is 1. The first-order chi connectivity index (χ1) is 6.13. The fourth-order valence-corrected chi connectivity index (χ4v) is 0.397. The maximum absolute atomic E-state index is 9.86. The third-order valence-corrected chi connectivity index (χ3v) is 0.916. The molecule has 0 aliphatic heterocycles. The predicted octanol–water partition coefficient (Wildman–Crippen LogP) is -0.859. The van der Waals surface area contributed by atoms with Gasteiger partial charge in [-0.05, 0) is 0 Å². The van der Waals surface area contributed by atoms with E-state index in [9.17, 15) is 9.59 Å². The monoisotopic (exact) mass is 186 g/mol. The molecule has 0 bridgehead atoms. The highest BCUT2D eigenvalue weighted by Gasteiger charge is 1.98. The van der Waals surface area contributed by atoms with E-state index in [0.717, 1.165) is 0 Å². The van der Waals surface area contributed by atoms with Crippen LogP contribution in [-0.2, 0) is 9.59 Å². The lowest BCUT2D eigenvalue weighted by molar-refractivity contribution is -0.138. The molecule has 1 rings (SSSR count). The van der Waals surface area contributed by atoms with Crippen molar-refractivity contribution in [3.05, 3.63) is 12.4 Å². The molecule has 0 saturated heterocycles. The minimum Gasteiger partial charge on any atom is -0.481 e. The fourth-order valence-electron chi connectivity index (χ4n) is 0.397. The number of carbonyl (C=O) groups is 2. The van der Waals surface area contributed by atoms with Gasteiger partial charge in [-0.25, -0.2) is 0 Å². The molecule has 0 spiro atoms. The van der Waals surface area contributed by atoms with Crippen molar-refractivity contribution >= 4 is 11.9 Å². The van der Waals surface area contributed by atoms with Gasteiger partial charge in [0.1, 0.15) is 0 Å². The molecule has 4 N–H and O–H groups in total. The number of carboxylic acid groups (broad SMARTS) is 1. The third-order valence-electron chi connectivity index (χ3n) is 0.916. The highest BCUT2D eigenvalue weighted by atomic mass is 16.4. The predicted molar refractivity (Wildman–Crippen MR) is 42.4 cm³/mol. The van der Waals surface area contributed by atoms with Crippen molar-refractivity contribution in [2.75, 3.05) is 0 Å². The lowest BCUT2D eigenvalue weighted by atomic mass is 10.3. The lowest BCUT2D eigenvalue weighted by Crippen LogP contribution is -2.12. The van der Waals surface area contributed by atoms with Crippen molar-refractivity contribution in [2.24, 2.45) is 5.73 Å². The van der Waals surface area contributed by atoms with Crippen LogP contribution in [0.5, 0.6) is 0 Å². The van der Waals surface area contributed by atoms with E-state index in [1.54, 1.807) is 12.4 Å². The summed E-state index contributed by atoms with van der Waals surface area (Å²) in [5, 5.41) is 17.2. The summed E-state index contributed by atoms with van der Waals surface area (Å²) in [6.07, 6.45) is 2.99. The third kappa shape index (κ3) is 10.1. The molecule has 0 fully saturated rings. The molecule has 1 aromatic heterocycles. The Morgan fingerprint density at radius 3 is 2.31 bits per heavy atom. The molecule has 7 heteroatoms. The van der Waals surface area contributed by atoms with Crippen molar-refractivity contribution in [1.29, 1.82) is 0 Å². The molecular weight excluding hydrogens is 176 g/mol. The van der Waals surface area contributed by atoms with Crippen LogP contribution in [0.15, 0.2) is 12.4 Å². The first-order valence-corrected chi connectivity index (χ1v) is 3.43.